The Kier molecular flexibility index (Phi) is 6.65. The summed E-state index contributed by atoms with van der Waals surface area (Å²) in [7, 11) is 0. The lowest BCUT2D eigenvalue weighted by atomic mass is 10.0. The smallest absolute Gasteiger partial charge is 0.383 e. The van der Waals surface area contributed by atoms with Crippen molar-refractivity contribution < 1.29 is 27.4 Å². The molecule has 0 radical (unpaired) electrons. The second-order valence-electron chi connectivity index (χ2n) is 8.55. The van der Waals surface area contributed by atoms with Crippen LogP contribution in [0.1, 0.15) is 48.5 Å². The second-order valence-corrected chi connectivity index (χ2v) is 8.55. The summed E-state index contributed by atoms with van der Waals surface area (Å²) in [6, 6.07) is 0.575. The van der Waals surface area contributed by atoms with Gasteiger partial charge in [-0.15, -0.1) is 0 Å². The van der Waals surface area contributed by atoms with E-state index in [-0.39, 0.29) is 36.6 Å². The number of hydrogen-bond donors (Lipinski definition) is 1. The van der Waals surface area contributed by atoms with Gasteiger partial charge < -0.3 is 20.1 Å². The minimum absolute atomic E-state index is 0.0740. The van der Waals surface area contributed by atoms with Gasteiger partial charge in [-0.25, -0.2) is 9.97 Å². The minimum Gasteiger partial charge on any atom is -0.383 e. The van der Waals surface area contributed by atoms with Crippen LogP contribution in [-0.4, -0.2) is 58.5 Å². The largest absolute Gasteiger partial charge is 0.433 e. The number of nitrogen functional groups attached to an aromatic ring is 1. The molecule has 4 rings (SSSR count). The van der Waals surface area contributed by atoms with E-state index < -0.39 is 23.8 Å². The maximum absolute atomic E-state index is 13.6. The number of hydrogen-bond acceptors (Lipinski definition) is 7. The van der Waals surface area contributed by atoms with Crippen LogP contribution in [0.4, 0.5) is 19.0 Å². The molecule has 0 spiro atoms. The summed E-state index contributed by atoms with van der Waals surface area (Å²) in [6.07, 6.45) is -1.42. The Morgan fingerprint density at radius 2 is 2.09 bits per heavy atom. The number of rotatable bonds is 4. The topological polar surface area (TPSA) is 103 Å². The fourth-order valence-corrected chi connectivity index (χ4v) is 4.41. The van der Waals surface area contributed by atoms with Gasteiger partial charge in [0.25, 0.3) is 5.91 Å². The van der Waals surface area contributed by atoms with Crippen LogP contribution in [0.15, 0.2) is 41.2 Å². The molecule has 2 aromatic rings. The molecule has 2 aromatic heterocycles. The molecule has 3 atom stereocenters. The van der Waals surface area contributed by atoms with Gasteiger partial charge in [-0.3, -0.25) is 9.79 Å². The Labute approximate surface area is 200 Å². The van der Waals surface area contributed by atoms with Gasteiger partial charge in [0.15, 0.2) is 0 Å². The highest BCUT2D eigenvalue weighted by atomic mass is 19.4. The van der Waals surface area contributed by atoms with E-state index >= 15 is 0 Å². The number of aromatic nitrogens is 2. The van der Waals surface area contributed by atoms with E-state index in [1.54, 1.807) is 13.0 Å². The Morgan fingerprint density at radius 3 is 2.77 bits per heavy atom. The lowest BCUT2D eigenvalue weighted by molar-refractivity contribution is -0.0924. The predicted octanol–water partition coefficient (Wildman–Crippen LogP) is 4.13. The summed E-state index contributed by atoms with van der Waals surface area (Å²) < 4.78 is 50.4. The molecule has 0 unspecified atom stereocenters. The van der Waals surface area contributed by atoms with Crippen molar-refractivity contribution in [1.82, 2.24) is 14.9 Å². The average molecular weight is 489 g/mol. The SMILES string of the molecule is C=C(/C=N\C(=C/C)C(F)(F)F)[C@@H]1COC[C@H](C)N1C(=O)c1cc2c3c(c(N)nc2cn1)[C@@H](C)OC3. The number of nitrogens with two attached hydrogens (primary N) is 1. The zero-order valence-electron chi connectivity index (χ0n) is 19.6. The van der Waals surface area contributed by atoms with E-state index in [1.807, 2.05) is 6.92 Å². The third kappa shape index (κ3) is 4.65. The molecule has 0 bridgehead atoms. The first kappa shape index (κ1) is 24.8. The highest BCUT2D eigenvalue weighted by Crippen LogP contribution is 2.38. The summed E-state index contributed by atoms with van der Waals surface area (Å²) in [6.45, 7) is 9.47. The number of ether oxygens (including phenoxy) is 2. The third-order valence-corrected chi connectivity index (χ3v) is 6.19. The zero-order chi connectivity index (χ0) is 25.5. The van der Waals surface area contributed by atoms with E-state index in [2.05, 4.69) is 21.5 Å². The van der Waals surface area contributed by atoms with Gasteiger partial charge >= 0.3 is 6.18 Å². The number of amides is 1. The van der Waals surface area contributed by atoms with Gasteiger partial charge in [-0.05, 0) is 38.0 Å². The number of pyridine rings is 2. The Hall–Kier alpha value is -3.31. The molecule has 35 heavy (non-hydrogen) atoms. The van der Waals surface area contributed by atoms with Crippen LogP contribution in [0, 0.1) is 0 Å². The highest BCUT2D eigenvalue weighted by molar-refractivity contribution is 5.98. The summed E-state index contributed by atoms with van der Waals surface area (Å²) in [4.78, 5) is 27.4. The monoisotopic (exact) mass is 489 g/mol. The molecule has 0 saturated carbocycles. The van der Waals surface area contributed by atoms with Crippen LogP contribution in [-0.2, 0) is 16.1 Å². The molecule has 8 nitrogen and oxygen atoms in total. The maximum Gasteiger partial charge on any atom is 0.433 e. The molecule has 4 heterocycles. The number of nitrogens with zero attached hydrogens (tertiary/aromatic N) is 4. The van der Waals surface area contributed by atoms with Crippen LogP contribution in [0.2, 0.25) is 0 Å². The third-order valence-electron chi connectivity index (χ3n) is 6.19. The van der Waals surface area contributed by atoms with E-state index in [4.69, 9.17) is 15.2 Å². The first-order valence-electron chi connectivity index (χ1n) is 11.1. The molecular weight excluding hydrogens is 463 g/mol. The van der Waals surface area contributed by atoms with E-state index in [0.717, 1.165) is 28.8 Å². The van der Waals surface area contributed by atoms with Gasteiger partial charge in [0.05, 0.1) is 49.7 Å². The van der Waals surface area contributed by atoms with Crippen molar-refractivity contribution in [2.45, 2.75) is 51.7 Å². The van der Waals surface area contributed by atoms with Crippen LogP contribution in [0.25, 0.3) is 10.9 Å². The van der Waals surface area contributed by atoms with Crippen molar-refractivity contribution in [3.8, 4) is 0 Å². The molecule has 1 saturated heterocycles. The van der Waals surface area contributed by atoms with Gasteiger partial charge in [0.2, 0.25) is 0 Å². The van der Waals surface area contributed by atoms with Gasteiger partial charge in [-0.1, -0.05) is 12.7 Å². The summed E-state index contributed by atoms with van der Waals surface area (Å²) >= 11 is 0. The number of carbonyl (C=O) groups is 1. The lowest BCUT2D eigenvalue weighted by Gasteiger charge is -2.40. The van der Waals surface area contributed by atoms with E-state index in [0.29, 0.717) is 17.9 Å². The summed E-state index contributed by atoms with van der Waals surface area (Å²) in [5.74, 6) is -0.0305. The van der Waals surface area contributed by atoms with Gasteiger partial charge in [-0.2, -0.15) is 13.2 Å². The minimum atomic E-state index is -4.59. The lowest BCUT2D eigenvalue weighted by Crippen LogP contribution is -2.54. The Bertz CT molecular complexity index is 1240. The van der Waals surface area contributed by atoms with E-state index in [1.165, 1.54) is 18.0 Å². The fourth-order valence-electron chi connectivity index (χ4n) is 4.41. The van der Waals surface area contributed by atoms with Crippen molar-refractivity contribution in [2.75, 3.05) is 18.9 Å². The number of alkyl halides is 3. The van der Waals surface area contributed by atoms with Crippen LogP contribution in [0.3, 0.4) is 0 Å². The second kappa shape index (κ2) is 9.38. The molecule has 186 valence electrons. The molecule has 0 aromatic carbocycles. The molecule has 2 N–H and O–H groups in total. The number of fused-ring (bicyclic) bond motifs is 3. The van der Waals surface area contributed by atoms with Crippen LogP contribution >= 0.6 is 0 Å². The predicted molar refractivity (Wildman–Crippen MR) is 125 cm³/mol. The fraction of sp³-hybridized carbons (Fsp3) is 0.417. The molecule has 0 aliphatic carbocycles. The van der Waals surface area contributed by atoms with Gasteiger partial charge in [0.1, 0.15) is 17.2 Å². The molecule has 1 amide bonds. The van der Waals surface area contributed by atoms with Crippen molar-refractivity contribution in [3.05, 3.63) is 53.0 Å². The number of allylic oxidation sites excluding steroid dienone is 2. The zero-order valence-corrected chi connectivity index (χ0v) is 19.6. The van der Waals surface area contributed by atoms with Crippen LogP contribution < -0.4 is 5.73 Å². The van der Waals surface area contributed by atoms with Crippen molar-refractivity contribution in [2.24, 2.45) is 4.99 Å². The number of aliphatic imine (C=N–C) groups is 1. The van der Waals surface area contributed by atoms with E-state index in [9.17, 15) is 18.0 Å². The summed E-state index contributed by atoms with van der Waals surface area (Å²) in [5.41, 5.74) is 7.64. The standard InChI is InChI=1S/C24H26F3N5O3/c1-5-20(24(25,26)27)30-7-12(2)19-11-34-9-13(3)32(19)23(33)17-6-15-16-10-35-14(4)21(16)22(28)31-18(15)8-29-17/h5-8,13-14,19H,2,9-11H2,1,3-4H3,(H2,28,31)/b20-5-,30-7-/t13-,14+,19-/m0/s1. The van der Waals surface area contributed by atoms with Crippen LogP contribution in [0.5, 0.6) is 0 Å². The Balaban J connectivity index is 1.67. The molecular formula is C24H26F3N5O3. The first-order chi connectivity index (χ1) is 16.5. The number of carbonyl (C=O) groups excluding carboxylic acids is 1. The normalized spacial score (nSPS) is 23.2. The quantitative estimate of drug-likeness (QED) is 0.648. The number of anilines is 1. The molecule has 11 heteroatoms. The van der Waals surface area contributed by atoms with Gasteiger partial charge in [0, 0.05) is 17.2 Å². The molecule has 2 aliphatic heterocycles. The number of morpholine rings is 1. The van der Waals surface area contributed by atoms with Crippen molar-refractivity contribution in [1.29, 1.82) is 0 Å². The summed E-state index contributed by atoms with van der Waals surface area (Å²) in [5, 5.41) is 0.720. The molecule has 1 fully saturated rings. The van der Waals surface area contributed by atoms with Crippen molar-refractivity contribution in [3.63, 3.8) is 0 Å². The number of halogens is 3. The first-order valence-corrected chi connectivity index (χ1v) is 11.1. The Morgan fingerprint density at radius 1 is 1.34 bits per heavy atom. The molecule has 2 aliphatic rings. The maximum atomic E-state index is 13.6. The van der Waals surface area contributed by atoms with Crippen molar-refractivity contribution >= 4 is 28.8 Å². The average Bonchev–Trinajstić information content (AvgIpc) is 3.20. The highest BCUT2D eigenvalue weighted by Gasteiger charge is 2.36.